The van der Waals surface area contributed by atoms with Crippen molar-refractivity contribution in [3.8, 4) is 12.3 Å². The number of rotatable bonds is 5. The van der Waals surface area contributed by atoms with E-state index in [9.17, 15) is 13.2 Å². The summed E-state index contributed by atoms with van der Waals surface area (Å²) in [4.78, 5) is 10.9. The lowest BCUT2D eigenvalue weighted by Crippen LogP contribution is -2.33. The van der Waals surface area contributed by atoms with E-state index in [4.69, 9.17) is 11.5 Å². The number of benzene rings is 1. The molecule has 0 amide bonds. The van der Waals surface area contributed by atoms with Gasteiger partial charge in [0, 0.05) is 0 Å². The number of terminal acetylenes is 1. The SMILES string of the molecule is C#CC(CC)NS(=O)(=O)c1cccc(C(=O)O)c1C. The van der Waals surface area contributed by atoms with Gasteiger partial charge in [0.1, 0.15) is 0 Å². The Hall–Kier alpha value is -1.84. The third kappa shape index (κ3) is 3.34. The lowest BCUT2D eigenvalue weighted by Gasteiger charge is -2.14. The number of hydrogen-bond donors (Lipinski definition) is 2. The Labute approximate surface area is 112 Å². The maximum Gasteiger partial charge on any atom is 0.335 e. The highest BCUT2D eigenvalue weighted by atomic mass is 32.2. The Bertz CT molecular complexity index is 629. The van der Waals surface area contributed by atoms with Gasteiger partial charge in [-0.05, 0) is 31.0 Å². The molecule has 0 aliphatic heterocycles. The van der Waals surface area contributed by atoms with Crippen molar-refractivity contribution in [2.24, 2.45) is 0 Å². The van der Waals surface area contributed by atoms with Crippen molar-refractivity contribution in [3.63, 3.8) is 0 Å². The van der Waals surface area contributed by atoms with Gasteiger partial charge in [-0.3, -0.25) is 0 Å². The Kier molecular flexibility index (Phi) is 4.70. The summed E-state index contributed by atoms with van der Waals surface area (Å²) in [5.41, 5.74) is 0.144. The summed E-state index contributed by atoms with van der Waals surface area (Å²) in [6.07, 6.45) is 5.67. The molecule has 2 N–H and O–H groups in total. The van der Waals surface area contributed by atoms with Crippen molar-refractivity contribution in [2.45, 2.75) is 31.2 Å². The van der Waals surface area contributed by atoms with Gasteiger partial charge in [0.15, 0.2) is 0 Å². The molecular weight excluding hydrogens is 266 g/mol. The molecule has 19 heavy (non-hydrogen) atoms. The van der Waals surface area contributed by atoms with Gasteiger partial charge in [-0.25, -0.2) is 13.2 Å². The topological polar surface area (TPSA) is 83.5 Å². The summed E-state index contributed by atoms with van der Waals surface area (Å²) in [6.45, 7) is 3.21. The highest BCUT2D eigenvalue weighted by Crippen LogP contribution is 2.19. The van der Waals surface area contributed by atoms with Crippen molar-refractivity contribution in [2.75, 3.05) is 0 Å². The first-order chi connectivity index (χ1) is 8.83. The van der Waals surface area contributed by atoms with E-state index in [0.717, 1.165) is 0 Å². The van der Waals surface area contributed by atoms with Crippen LogP contribution in [0, 0.1) is 19.3 Å². The van der Waals surface area contributed by atoms with Crippen LogP contribution in [0.15, 0.2) is 23.1 Å². The minimum absolute atomic E-state index is 0.0448. The molecule has 1 rings (SSSR count). The van der Waals surface area contributed by atoms with Gasteiger partial charge in [-0.2, -0.15) is 4.72 Å². The number of carbonyl (C=O) groups is 1. The van der Waals surface area contributed by atoms with Crippen LogP contribution in [0.5, 0.6) is 0 Å². The van der Waals surface area contributed by atoms with E-state index in [0.29, 0.717) is 6.42 Å². The number of hydrogen-bond acceptors (Lipinski definition) is 3. The van der Waals surface area contributed by atoms with Crippen LogP contribution in [0.2, 0.25) is 0 Å². The normalized spacial score (nSPS) is 12.7. The zero-order valence-corrected chi connectivity index (χ0v) is 11.5. The zero-order chi connectivity index (χ0) is 14.6. The second-order valence-corrected chi connectivity index (χ2v) is 5.67. The molecule has 1 aromatic rings. The second-order valence-electron chi connectivity index (χ2n) is 3.98. The molecule has 0 radical (unpaired) electrons. The molecule has 0 spiro atoms. The zero-order valence-electron chi connectivity index (χ0n) is 10.7. The standard InChI is InChI=1S/C13H15NO4S/c1-4-10(5-2)14-19(17,18)12-8-6-7-11(9(12)3)13(15)16/h1,6-8,10,14H,5H2,2-3H3,(H,15,16). The van der Waals surface area contributed by atoms with Crippen molar-refractivity contribution in [3.05, 3.63) is 29.3 Å². The molecule has 1 atom stereocenters. The first-order valence-corrected chi connectivity index (χ1v) is 7.13. The molecule has 1 aromatic carbocycles. The summed E-state index contributed by atoms with van der Waals surface area (Å²) in [7, 11) is -3.83. The van der Waals surface area contributed by atoms with Crippen LogP contribution in [0.1, 0.15) is 29.3 Å². The van der Waals surface area contributed by atoms with Crippen LogP contribution in [-0.2, 0) is 10.0 Å². The van der Waals surface area contributed by atoms with Crippen molar-refractivity contribution in [1.29, 1.82) is 0 Å². The molecule has 5 nitrogen and oxygen atoms in total. The Morgan fingerprint density at radius 2 is 2.16 bits per heavy atom. The molecule has 0 saturated heterocycles. The summed E-state index contributed by atoms with van der Waals surface area (Å²) >= 11 is 0. The second kappa shape index (κ2) is 5.87. The summed E-state index contributed by atoms with van der Waals surface area (Å²) in [5, 5.41) is 8.98. The van der Waals surface area contributed by atoms with Gasteiger partial charge < -0.3 is 5.11 Å². The van der Waals surface area contributed by atoms with Crippen LogP contribution < -0.4 is 4.72 Å². The third-order valence-corrected chi connectivity index (χ3v) is 4.33. The van der Waals surface area contributed by atoms with Crippen molar-refractivity contribution in [1.82, 2.24) is 4.72 Å². The minimum Gasteiger partial charge on any atom is -0.478 e. The van der Waals surface area contributed by atoms with Gasteiger partial charge in [0.25, 0.3) is 0 Å². The fraction of sp³-hybridized carbons (Fsp3) is 0.308. The average Bonchev–Trinajstić information content (AvgIpc) is 2.35. The minimum atomic E-state index is -3.83. The molecule has 0 fully saturated rings. The van der Waals surface area contributed by atoms with E-state index in [1.807, 2.05) is 0 Å². The number of sulfonamides is 1. The fourth-order valence-electron chi connectivity index (χ4n) is 1.62. The van der Waals surface area contributed by atoms with Gasteiger partial charge in [0.2, 0.25) is 10.0 Å². The largest absolute Gasteiger partial charge is 0.478 e. The van der Waals surface area contributed by atoms with E-state index in [1.165, 1.54) is 25.1 Å². The van der Waals surface area contributed by atoms with Gasteiger partial charge in [0.05, 0.1) is 16.5 Å². The summed E-state index contributed by atoms with van der Waals surface area (Å²) < 4.78 is 26.7. The van der Waals surface area contributed by atoms with Crippen LogP contribution >= 0.6 is 0 Å². The van der Waals surface area contributed by atoms with Crippen molar-refractivity contribution >= 4 is 16.0 Å². The average molecular weight is 281 g/mol. The van der Waals surface area contributed by atoms with E-state index >= 15 is 0 Å². The lowest BCUT2D eigenvalue weighted by atomic mass is 10.1. The Morgan fingerprint density at radius 1 is 1.53 bits per heavy atom. The molecule has 0 saturated carbocycles. The van der Waals surface area contributed by atoms with Crippen LogP contribution in [-0.4, -0.2) is 25.5 Å². The first-order valence-electron chi connectivity index (χ1n) is 5.64. The molecule has 102 valence electrons. The maximum atomic E-state index is 12.2. The predicted molar refractivity (Wildman–Crippen MR) is 71.4 cm³/mol. The lowest BCUT2D eigenvalue weighted by molar-refractivity contribution is 0.0696. The molecule has 0 aliphatic rings. The molecule has 1 unspecified atom stereocenters. The Balaban J connectivity index is 3.27. The van der Waals surface area contributed by atoms with Crippen LogP contribution in [0.4, 0.5) is 0 Å². The van der Waals surface area contributed by atoms with Crippen LogP contribution in [0.3, 0.4) is 0 Å². The predicted octanol–water partition coefficient (Wildman–Crippen LogP) is 1.38. The summed E-state index contributed by atoms with van der Waals surface area (Å²) in [5.74, 6) is 1.16. The maximum absolute atomic E-state index is 12.2. The van der Waals surface area contributed by atoms with E-state index in [-0.39, 0.29) is 16.0 Å². The quantitative estimate of drug-likeness (QED) is 0.799. The van der Waals surface area contributed by atoms with E-state index < -0.39 is 22.0 Å². The number of carboxylic acids is 1. The number of aromatic carboxylic acids is 1. The van der Waals surface area contributed by atoms with Gasteiger partial charge in [-0.1, -0.05) is 18.9 Å². The fourth-order valence-corrected chi connectivity index (χ4v) is 3.13. The number of nitrogens with one attached hydrogen (secondary N) is 1. The molecule has 6 heteroatoms. The van der Waals surface area contributed by atoms with E-state index in [1.54, 1.807) is 6.92 Å². The number of carboxylic acid groups (broad SMARTS) is 1. The van der Waals surface area contributed by atoms with Crippen molar-refractivity contribution < 1.29 is 18.3 Å². The van der Waals surface area contributed by atoms with Gasteiger partial charge >= 0.3 is 5.97 Å². The van der Waals surface area contributed by atoms with E-state index in [2.05, 4.69) is 10.6 Å². The molecular formula is C13H15NO4S. The highest BCUT2D eigenvalue weighted by Gasteiger charge is 2.22. The molecule has 0 aromatic heterocycles. The molecule has 0 bridgehead atoms. The molecule has 0 heterocycles. The highest BCUT2D eigenvalue weighted by molar-refractivity contribution is 7.89. The third-order valence-electron chi connectivity index (χ3n) is 2.71. The van der Waals surface area contributed by atoms with Crippen LogP contribution in [0.25, 0.3) is 0 Å². The smallest absolute Gasteiger partial charge is 0.335 e. The first kappa shape index (κ1) is 15.2. The van der Waals surface area contributed by atoms with Gasteiger partial charge in [-0.15, -0.1) is 6.42 Å². The summed E-state index contributed by atoms with van der Waals surface area (Å²) in [6, 6.07) is 3.49. The molecule has 0 aliphatic carbocycles. The Morgan fingerprint density at radius 3 is 2.63 bits per heavy atom. The monoisotopic (exact) mass is 281 g/mol.